The van der Waals surface area contributed by atoms with Crippen molar-refractivity contribution in [1.29, 1.82) is 0 Å². The number of alkyl halides is 3. The van der Waals surface area contributed by atoms with Crippen molar-refractivity contribution in [3.05, 3.63) is 59.2 Å². The van der Waals surface area contributed by atoms with Crippen LogP contribution < -0.4 is 5.32 Å². The molecule has 0 saturated carbocycles. The lowest BCUT2D eigenvalue weighted by Gasteiger charge is -2.14. The Hall–Kier alpha value is -2.50. The van der Waals surface area contributed by atoms with Gasteiger partial charge < -0.3 is 10.4 Å². The summed E-state index contributed by atoms with van der Waals surface area (Å²) < 4.78 is 38.2. The minimum Gasteiger partial charge on any atom is -0.478 e. The van der Waals surface area contributed by atoms with Crippen molar-refractivity contribution in [2.45, 2.75) is 13.1 Å². The average Bonchev–Trinajstić information content (AvgIpc) is 2.40. The fourth-order valence-electron chi connectivity index (χ4n) is 1.86. The summed E-state index contributed by atoms with van der Waals surface area (Å²) in [5.74, 6) is -1.15. The lowest BCUT2D eigenvalue weighted by molar-refractivity contribution is -0.137. The molecule has 2 N–H and O–H groups in total. The van der Waals surface area contributed by atoms with Crippen LogP contribution in [0.4, 0.5) is 24.5 Å². The lowest BCUT2D eigenvalue weighted by atomic mass is 10.1. The van der Waals surface area contributed by atoms with E-state index in [0.29, 0.717) is 5.56 Å². The van der Waals surface area contributed by atoms with Crippen LogP contribution in [0.1, 0.15) is 21.5 Å². The van der Waals surface area contributed by atoms with Gasteiger partial charge >= 0.3 is 12.1 Å². The van der Waals surface area contributed by atoms with Crippen LogP contribution in [-0.2, 0) is 6.18 Å². The number of carboxylic acid groups (broad SMARTS) is 1. The van der Waals surface area contributed by atoms with Gasteiger partial charge in [-0.15, -0.1) is 0 Å². The SMILES string of the molecule is Cc1ccc(C(F)(F)F)cc1Nc1ccccc1C(=O)O. The van der Waals surface area contributed by atoms with E-state index in [1.54, 1.807) is 19.1 Å². The normalized spacial score (nSPS) is 11.2. The van der Waals surface area contributed by atoms with Gasteiger partial charge in [-0.1, -0.05) is 18.2 Å². The molecule has 0 bridgehead atoms. The van der Waals surface area contributed by atoms with Crippen LogP contribution in [0.3, 0.4) is 0 Å². The summed E-state index contributed by atoms with van der Waals surface area (Å²) in [6.45, 7) is 1.64. The highest BCUT2D eigenvalue weighted by molar-refractivity contribution is 5.95. The maximum Gasteiger partial charge on any atom is 0.416 e. The molecule has 0 heterocycles. The number of anilines is 2. The summed E-state index contributed by atoms with van der Waals surface area (Å²) in [5.41, 5.74) is 0.256. The number of carbonyl (C=O) groups is 1. The van der Waals surface area contributed by atoms with E-state index in [1.165, 1.54) is 18.2 Å². The third kappa shape index (κ3) is 3.34. The molecule has 0 aliphatic carbocycles. The second-order valence-corrected chi connectivity index (χ2v) is 4.50. The quantitative estimate of drug-likeness (QED) is 0.879. The van der Waals surface area contributed by atoms with Crippen molar-refractivity contribution in [3.63, 3.8) is 0 Å². The summed E-state index contributed by atoms with van der Waals surface area (Å²) in [6, 6.07) is 9.34. The smallest absolute Gasteiger partial charge is 0.416 e. The van der Waals surface area contributed by atoms with Gasteiger partial charge in [0, 0.05) is 5.69 Å². The van der Waals surface area contributed by atoms with Crippen LogP contribution in [-0.4, -0.2) is 11.1 Å². The van der Waals surface area contributed by atoms with E-state index in [2.05, 4.69) is 5.32 Å². The first-order valence-corrected chi connectivity index (χ1v) is 6.06. The number of nitrogens with one attached hydrogen (secondary N) is 1. The Morgan fingerprint density at radius 2 is 1.76 bits per heavy atom. The predicted molar refractivity (Wildman–Crippen MR) is 72.9 cm³/mol. The molecule has 2 aromatic rings. The molecule has 2 aromatic carbocycles. The molecule has 0 fully saturated rings. The molecule has 110 valence electrons. The molecule has 3 nitrogen and oxygen atoms in total. The first-order chi connectivity index (χ1) is 9.79. The molecule has 0 atom stereocenters. The first-order valence-electron chi connectivity index (χ1n) is 6.06. The van der Waals surface area contributed by atoms with E-state index >= 15 is 0 Å². The van der Waals surface area contributed by atoms with E-state index in [9.17, 15) is 18.0 Å². The van der Waals surface area contributed by atoms with Crippen molar-refractivity contribution in [2.24, 2.45) is 0 Å². The largest absolute Gasteiger partial charge is 0.478 e. The summed E-state index contributed by atoms with van der Waals surface area (Å²) >= 11 is 0. The monoisotopic (exact) mass is 295 g/mol. The van der Waals surface area contributed by atoms with Gasteiger partial charge in [0.05, 0.1) is 16.8 Å². The molecule has 6 heteroatoms. The third-order valence-electron chi connectivity index (χ3n) is 2.99. The van der Waals surface area contributed by atoms with Crippen molar-refractivity contribution >= 4 is 17.3 Å². The van der Waals surface area contributed by atoms with Gasteiger partial charge in [-0.3, -0.25) is 0 Å². The summed E-state index contributed by atoms with van der Waals surface area (Å²) in [5, 5.41) is 11.8. The van der Waals surface area contributed by atoms with E-state index in [0.717, 1.165) is 12.1 Å². The molecule has 21 heavy (non-hydrogen) atoms. The second-order valence-electron chi connectivity index (χ2n) is 4.50. The Labute approximate surface area is 119 Å². The summed E-state index contributed by atoms with van der Waals surface area (Å²) in [6.07, 6.45) is -4.45. The molecular weight excluding hydrogens is 283 g/mol. The number of halogens is 3. The molecular formula is C15H12F3NO2. The number of carboxylic acids is 1. The van der Waals surface area contributed by atoms with Gasteiger partial charge in [-0.05, 0) is 36.8 Å². The summed E-state index contributed by atoms with van der Waals surface area (Å²) in [7, 11) is 0. The van der Waals surface area contributed by atoms with Gasteiger partial charge in [0.2, 0.25) is 0 Å². The molecule has 0 amide bonds. The highest BCUT2D eigenvalue weighted by atomic mass is 19.4. The molecule has 0 unspecified atom stereocenters. The zero-order valence-electron chi connectivity index (χ0n) is 11.0. The van der Waals surface area contributed by atoms with Gasteiger partial charge in [-0.25, -0.2) is 4.79 Å². The van der Waals surface area contributed by atoms with Crippen molar-refractivity contribution < 1.29 is 23.1 Å². The van der Waals surface area contributed by atoms with E-state index < -0.39 is 17.7 Å². The van der Waals surface area contributed by atoms with Gasteiger partial charge in [0.1, 0.15) is 0 Å². The lowest BCUT2D eigenvalue weighted by Crippen LogP contribution is -2.07. The number of benzene rings is 2. The highest BCUT2D eigenvalue weighted by Gasteiger charge is 2.30. The number of aromatic carboxylic acids is 1. The number of hydrogen-bond donors (Lipinski definition) is 2. The topological polar surface area (TPSA) is 49.3 Å². The Kier molecular flexibility index (Phi) is 3.88. The standard InChI is InChI=1S/C15H12F3NO2/c1-9-6-7-10(15(16,17)18)8-13(9)19-12-5-3-2-4-11(12)14(20)21/h2-8,19H,1H3,(H,20,21). The van der Waals surface area contributed by atoms with E-state index in [1.807, 2.05) is 0 Å². The minimum absolute atomic E-state index is 0.00527. The first kappa shape index (κ1) is 14.9. The highest BCUT2D eigenvalue weighted by Crippen LogP contribution is 2.33. The molecule has 0 spiro atoms. The van der Waals surface area contributed by atoms with Crippen molar-refractivity contribution in [1.82, 2.24) is 0 Å². The second kappa shape index (κ2) is 5.47. The summed E-state index contributed by atoms with van der Waals surface area (Å²) in [4.78, 5) is 11.1. The number of hydrogen-bond acceptors (Lipinski definition) is 2. The van der Waals surface area contributed by atoms with Crippen LogP contribution in [0, 0.1) is 6.92 Å². The van der Waals surface area contributed by atoms with Crippen LogP contribution in [0.5, 0.6) is 0 Å². The van der Waals surface area contributed by atoms with E-state index in [-0.39, 0.29) is 16.9 Å². The van der Waals surface area contributed by atoms with Crippen LogP contribution in [0.25, 0.3) is 0 Å². The number of para-hydroxylation sites is 1. The predicted octanol–water partition coefficient (Wildman–Crippen LogP) is 4.46. The maximum absolute atomic E-state index is 12.7. The third-order valence-corrected chi connectivity index (χ3v) is 2.99. The molecule has 0 saturated heterocycles. The number of aryl methyl sites for hydroxylation is 1. The minimum atomic E-state index is -4.45. The van der Waals surface area contributed by atoms with Crippen molar-refractivity contribution in [2.75, 3.05) is 5.32 Å². The molecule has 0 aromatic heterocycles. The fourth-order valence-corrected chi connectivity index (χ4v) is 1.86. The Balaban J connectivity index is 2.43. The zero-order chi connectivity index (χ0) is 15.6. The molecule has 0 radical (unpaired) electrons. The van der Waals surface area contributed by atoms with Crippen LogP contribution in [0.2, 0.25) is 0 Å². The Morgan fingerprint density at radius 3 is 2.38 bits per heavy atom. The molecule has 0 aliphatic heterocycles. The van der Waals surface area contributed by atoms with Crippen LogP contribution >= 0.6 is 0 Å². The van der Waals surface area contributed by atoms with Gasteiger partial charge in [-0.2, -0.15) is 13.2 Å². The Bertz CT molecular complexity index is 681. The molecule has 0 aliphatic rings. The zero-order valence-corrected chi connectivity index (χ0v) is 11.0. The average molecular weight is 295 g/mol. The van der Waals surface area contributed by atoms with Crippen molar-refractivity contribution in [3.8, 4) is 0 Å². The maximum atomic E-state index is 12.7. The molecule has 2 rings (SSSR count). The van der Waals surface area contributed by atoms with E-state index in [4.69, 9.17) is 5.11 Å². The van der Waals surface area contributed by atoms with Crippen LogP contribution in [0.15, 0.2) is 42.5 Å². The van der Waals surface area contributed by atoms with Gasteiger partial charge in [0.15, 0.2) is 0 Å². The Morgan fingerprint density at radius 1 is 1.10 bits per heavy atom. The van der Waals surface area contributed by atoms with Gasteiger partial charge in [0.25, 0.3) is 0 Å². The fraction of sp³-hybridized carbons (Fsp3) is 0.133. The number of rotatable bonds is 3.